The minimum Gasteiger partial charge on any atom is -0.756 e. The summed E-state index contributed by atoms with van der Waals surface area (Å²) in [4.78, 5) is 37.4. The standard InChI is InChI=1S/C42H78NO8P/c1-6-8-10-12-14-16-18-19-20-21-22-23-25-27-29-31-33-35-42(45)51-40(39-50-52(46,47)49-37-36-43(3,4)5)38-48-41(44)34-32-30-28-26-24-17-15-13-11-9-7-2/h19-20,22-23,27,29,40H,6-18,21,24-26,28,30-39H2,1-5H3/b20-19+,23-22+,29-27+/t40-/m1/s1. The molecule has 0 saturated carbocycles. The molecule has 0 aromatic heterocycles. The highest BCUT2D eigenvalue weighted by molar-refractivity contribution is 7.45. The lowest BCUT2D eigenvalue weighted by Gasteiger charge is -2.28. The van der Waals surface area contributed by atoms with E-state index < -0.39 is 32.5 Å². The topological polar surface area (TPSA) is 111 Å². The number of unbranched alkanes of at least 4 members (excludes halogenated alkanes) is 17. The maximum Gasteiger partial charge on any atom is 0.306 e. The van der Waals surface area contributed by atoms with Crippen LogP contribution in [0.2, 0.25) is 0 Å². The van der Waals surface area contributed by atoms with E-state index in [1.54, 1.807) is 0 Å². The van der Waals surface area contributed by atoms with Crippen LogP contribution in [0.1, 0.15) is 168 Å². The molecule has 304 valence electrons. The molecule has 0 aromatic rings. The SMILES string of the molecule is CCCCCCCC/C=C/C/C=C/C/C=C/CCCC(=O)O[C@H](COC(=O)CCCCCCCCCCCCC)COP(=O)([O-])OCC[N+](C)(C)C. The first-order chi connectivity index (χ1) is 25.0. The number of hydrogen-bond acceptors (Lipinski definition) is 8. The van der Waals surface area contributed by atoms with Crippen LogP contribution in [0.25, 0.3) is 0 Å². The molecule has 0 amide bonds. The number of ether oxygens (including phenoxy) is 2. The fourth-order valence-electron chi connectivity index (χ4n) is 5.38. The first kappa shape index (κ1) is 50.2. The number of hydrogen-bond donors (Lipinski definition) is 0. The summed E-state index contributed by atoms with van der Waals surface area (Å²) >= 11 is 0. The van der Waals surface area contributed by atoms with E-state index in [1.807, 2.05) is 27.2 Å². The molecular formula is C42H78NO8P. The van der Waals surface area contributed by atoms with Gasteiger partial charge in [0.25, 0.3) is 7.82 Å². The summed E-state index contributed by atoms with van der Waals surface area (Å²) in [7, 11) is 1.13. The van der Waals surface area contributed by atoms with Gasteiger partial charge in [0.2, 0.25) is 0 Å². The van der Waals surface area contributed by atoms with Crippen LogP contribution in [-0.2, 0) is 32.7 Å². The van der Waals surface area contributed by atoms with Crippen LogP contribution >= 0.6 is 7.82 Å². The molecule has 1 unspecified atom stereocenters. The highest BCUT2D eigenvalue weighted by atomic mass is 31.2. The summed E-state index contributed by atoms with van der Waals surface area (Å²) in [6.07, 6.45) is 37.5. The summed E-state index contributed by atoms with van der Waals surface area (Å²) in [5.74, 6) is -0.896. The molecule has 0 aliphatic carbocycles. The Labute approximate surface area is 319 Å². The minimum absolute atomic E-state index is 0.0393. The van der Waals surface area contributed by atoms with Gasteiger partial charge >= 0.3 is 11.9 Å². The van der Waals surface area contributed by atoms with Crippen molar-refractivity contribution in [2.24, 2.45) is 0 Å². The lowest BCUT2D eigenvalue weighted by Crippen LogP contribution is -2.37. The van der Waals surface area contributed by atoms with Crippen molar-refractivity contribution in [1.82, 2.24) is 0 Å². The van der Waals surface area contributed by atoms with Gasteiger partial charge in [-0.3, -0.25) is 14.2 Å². The molecule has 52 heavy (non-hydrogen) atoms. The van der Waals surface area contributed by atoms with Crippen molar-refractivity contribution < 1.29 is 42.1 Å². The number of likely N-dealkylation sites (N-methyl/N-ethyl adjacent to an activating group) is 1. The predicted octanol–water partition coefficient (Wildman–Crippen LogP) is 10.7. The fraction of sp³-hybridized carbons (Fsp3) is 0.810. The second-order valence-electron chi connectivity index (χ2n) is 15.0. The monoisotopic (exact) mass is 756 g/mol. The van der Waals surface area contributed by atoms with Gasteiger partial charge in [-0.25, -0.2) is 0 Å². The molecule has 0 aliphatic heterocycles. The zero-order valence-electron chi connectivity index (χ0n) is 34.0. The molecule has 0 aromatic carbocycles. The Morgan fingerprint density at radius 2 is 1.06 bits per heavy atom. The van der Waals surface area contributed by atoms with Gasteiger partial charge < -0.3 is 27.9 Å². The Morgan fingerprint density at radius 1 is 0.596 bits per heavy atom. The molecule has 0 rings (SSSR count). The Kier molecular flexibility index (Phi) is 33.8. The van der Waals surface area contributed by atoms with E-state index in [1.165, 1.54) is 89.9 Å². The third kappa shape index (κ3) is 38.0. The van der Waals surface area contributed by atoms with Crippen LogP contribution in [0.3, 0.4) is 0 Å². The molecule has 9 nitrogen and oxygen atoms in total. The van der Waals surface area contributed by atoms with E-state index >= 15 is 0 Å². The Bertz CT molecular complexity index is 991. The smallest absolute Gasteiger partial charge is 0.306 e. The van der Waals surface area contributed by atoms with Gasteiger partial charge in [-0.1, -0.05) is 147 Å². The van der Waals surface area contributed by atoms with Gasteiger partial charge in [0.05, 0.1) is 27.7 Å². The average Bonchev–Trinajstić information content (AvgIpc) is 3.09. The van der Waals surface area contributed by atoms with Crippen molar-refractivity contribution in [3.8, 4) is 0 Å². The molecular weight excluding hydrogens is 677 g/mol. The number of phosphoric acid groups is 1. The minimum atomic E-state index is -4.63. The number of carbonyl (C=O) groups excluding carboxylic acids is 2. The van der Waals surface area contributed by atoms with Crippen LogP contribution in [0.5, 0.6) is 0 Å². The zero-order chi connectivity index (χ0) is 38.6. The van der Waals surface area contributed by atoms with E-state index in [0.717, 1.165) is 38.5 Å². The normalized spacial score (nSPS) is 14.0. The van der Waals surface area contributed by atoms with Crippen molar-refractivity contribution in [2.45, 2.75) is 174 Å². The Morgan fingerprint density at radius 3 is 1.60 bits per heavy atom. The molecule has 10 heteroatoms. The van der Waals surface area contributed by atoms with Crippen molar-refractivity contribution in [2.75, 3.05) is 47.5 Å². The molecule has 0 saturated heterocycles. The van der Waals surface area contributed by atoms with Crippen molar-refractivity contribution in [3.05, 3.63) is 36.5 Å². The molecule has 0 aliphatic rings. The summed E-state index contributed by atoms with van der Waals surface area (Å²) in [6, 6.07) is 0. The van der Waals surface area contributed by atoms with Crippen molar-refractivity contribution in [3.63, 3.8) is 0 Å². The van der Waals surface area contributed by atoms with E-state index in [4.69, 9.17) is 18.5 Å². The number of allylic oxidation sites excluding steroid dienone is 6. The first-order valence-corrected chi connectivity index (χ1v) is 22.2. The fourth-order valence-corrected chi connectivity index (χ4v) is 6.10. The van der Waals surface area contributed by atoms with Crippen molar-refractivity contribution >= 4 is 19.8 Å². The molecule has 0 heterocycles. The number of phosphoric ester groups is 1. The highest BCUT2D eigenvalue weighted by Gasteiger charge is 2.21. The molecule has 0 radical (unpaired) electrons. The van der Waals surface area contributed by atoms with Gasteiger partial charge in [-0.2, -0.15) is 0 Å². The van der Waals surface area contributed by atoms with Crippen LogP contribution in [0.15, 0.2) is 36.5 Å². The van der Waals surface area contributed by atoms with E-state index in [-0.39, 0.29) is 26.1 Å². The molecule has 0 fully saturated rings. The number of rotatable bonds is 37. The molecule has 0 spiro atoms. The first-order valence-electron chi connectivity index (χ1n) is 20.7. The summed E-state index contributed by atoms with van der Waals surface area (Å²) in [5.41, 5.74) is 0. The van der Waals surface area contributed by atoms with Gasteiger partial charge in [0.1, 0.15) is 19.8 Å². The van der Waals surface area contributed by atoms with Crippen LogP contribution in [0, 0.1) is 0 Å². The second kappa shape index (κ2) is 35.0. The second-order valence-corrected chi connectivity index (χ2v) is 16.4. The van der Waals surface area contributed by atoms with Gasteiger partial charge in [-0.05, 0) is 44.9 Å². The van der Waals surface area contributed by atoms with Gasteiger partial charge in [0.15, 0.2) is 6.10 Å². The van der Waals surface area contributed by atoms with Gasteiger partial charge in [-0.15, -0.1) is 0 Å². The van der Waals surface area contributed by atoms with Crippen LogP contribution in [-0.4, -0.2) is 70.0 Å². The summed E-state index contributed by atoms with van der Waals surface area (Å²) < 4.78 is 33.7. The molecule has 2 atom stereocenters. The molecule has 0 N–H and O–H groups in total. The van der Waals surface area contributed by atoms with E-state index in [2.05, 4.69) is 44.2 Å². The highest BCUT2D eigenvalue weighted by Crippen LogP contribution is 2.38. The van der Waals surface area contributed by atoms with Crippen LogP contribution in [0.4, 0.5) is 0 Å². The van der Waals surface area contributed by atoms with Gasteiger partial charge in [0, 0.05) is 12.8 Å². The van der Waals surface area contributed by atoms with Crippen LogP contribution < -0.4 is 4.89 Å². The maximum absolute atomic E-state index is 12.6. The van der Waals surface area contributed by atoms with Crippen molar-refractivity contribution in [1.29, 1.82) is 0 Å². The number of quaternary nitrogens is 1. The quantitative estimate of drug-likeness (QED) is 0.0203. The summed E-state index contributed by atoms with van der Waals surface area (Å²) in [5, 5.41) is 0. The maximum atomic E-state index is 12.6. The largest absolute Gasteiger partial charge is 0.756 e. The summed E-state index contributed by atoms with van der Waals surface area (Å²) in [6.45, 7) is 4.14. The number of esters is 2. The third-order valence-electron chi connectivity index (χ3n) is 8.66. The molecule has 0 bridgehead atoms. The van der Waals surface area contributed by atoms with E-state index in [9.17, 15) is 19.0 Å². The lowest BCUT2D eigenvalue weighted by molar-refractivity contribution is -0.870. The number of carbonyl (C=O) groups is 2. The zero-order valence-corrected chi connectivity index (χ0v) is 34.9. The average molecular weight is 756 g/mol. The predicted molar refractivity (Wildman–Crippen MR) is 213 cm³/mol. The third-order valence-corrected chi connectivity index (χ3v) is 9.63. The number of nitrogens with zero attached hydrogens (tertiary/aromatic N) is 1. The Balaban J connectivity index is 4.48. The Hall–Kier alpha value is -1.77. The lowest BCUT2D eigenvalue weighted by atomic mass is 10.1. The van der Waals surface area contributed by atoms with E-state index in [0.29, 0.717) is 23.9 Å².